The second-order valence-electron chi connectivity index (χ2n) is 8.20. The van der Waals surface area contributed by atoms with Crippen molar-refractivity contribution in [1.82, 2.24) is 5.32 Å². The highest BCUT2D eigenvalue weighted by Gasteiger charge is 2.51. The number of carbonyl (C=O) groups excluding carboxylic acids is 1. The van der Waals surface area contributed by atoms with Crippen LogP contribution in [0.15, 0.2) is 60.7 Å². The summed E-state index contributed by atoms with van der Waals surface area (Å²) in [4.78, 5) is 12.6. The molecule has 0 aliphatic carbocycles. The SMILES string of the molecule is CO[C@H]1O[C@@H]2COC(c3ccccc3)O[C@H]2[C@H](OCc2ccccc2)[C@@H]1NC(=O)CCCN. The molecule has 1 amide bonds. The van der Waals surface area contributed by atoms with Crippen molar-refractivity contribution in [2.45, 2.75) is 56.4 Å². The molecule has 1 unspecified atom stereocenters. The lowest BCUT2D eigenvalue weighted by Gasteiger charge is -2.49. The molecule has 33 heavy (non-hydrogen) atoms. The van der Waals surface area contributed by atoms with Crippen LogP contribution in [-0.4, -0.2) is 56.8 Å². The lowest BCUT2D eigenvalue weighted by atomic mass is 9.95. The monoisotopic (exact) mass is 456 g/mol. The number of carbonyl (C=O) groups is 1. The predicted octanol–water partition coefficient (Wildman–Crippen LogP) is 2.28. The molecule has 2 saturated heterocycles. The van der Waals surface area contributed by atoms with Gasteiger partial charge in [0.05, 0.1) is 13.2 Å². The van der Waals surface area contributed by atoms with E-state index in [0.29, 0.717) is 32.6 Å². The number of fused-ring (bicyclic) bond motifs is 1. The van der Waals surface area contributed by atoms with E-state index in [1.165, 1.54) is 0 Å². The Balaban J connectivity index is 1.56. The van der Waals surface area contributed by atoms with Crippen LogP contribution in [-0.2, 0) is 35.1 Å². The molecule has 8 nitrogen and oxygen atoms in total. The minimum Gasteiger partial charge on any atom is -0.368 e. The zero-order chi connectivity index (χ0) is 23.0. The van der Waals surface area contributed by atoms with E-state index in [1.54, 1.807) is 7.11 Å². The smallest absolute Gasteiger partial charge is 0.220 e. The van der Waals surface area contributed by atoms with Gasteiger partial charge in [0.1, 0.15) is 24.4 Å². The molecule has 0 saturated carbocycles. The van der Waals surface area contributed by atoms with Crippen LogP contribution >= 0.6 is 0 Å². The second-order valence-corrected chi connectivity index (χ2v) is 8.20. The first kappa shape index (κ1) is 23.8. The first-order chi connectivity index (χ1) is 16.2. The topological polar surface area (TPSA) is 101 Å². The maximum atomic E-state index is 12.6. The van der Waals surface area contributed by atoms with Gasteiger partial charge in [0.15, 0.2) is 12.6 Å². The average Bonchev–Trinajstić information content (AvgIpc) is 2.87. The maximum Gasteiger partial charge on any atom is 0.220 e. The van der Waals surface area contributed by atoms with E-state index in [-0.39, 0.29) is 5.91 Å². The third-order valence-electron chi connectivity index (χ3n) is 5.86. The molecule has 8 heteroatoms. The van der Waals surface area contributed by atoms with Crippen LogP contribution in [0.25, 0.3) is 0 Å². The van der Waals surface area contributed by atoms with E-state index in [0.717, 1.165) is 11.1 Å². The summed E-state index contributed by atoms with van der Waals surface area (Å²) in [6.07, 6.45) is -1.70. The quantitative estimate of drug-likeness (QED) is 0.597. The molecular formula is C25H32N2O6. The number of hydrogen-bond donors (Lipinski definition) is 2. The van der Waals surface area contributed by atoms with Crippen LogP contribution in [0.2, 0.25) is 0 Å². The van der Waals surface area contributed by atoms with E-state index in [9.17, 15) is 4.79 Å². The molecule has 0 bridgehead atoms. The van der Waals surface area contributed by atoms with Gasteiger partial charge >= 0.3 is 0 Å². The summed E-state index contributed by atoms with van der Waals surface area (Å²) in [5.74, 6) is -0.130. The van der Waals surface area contributed by atoms with Crippen LogP contribution in [0.3, 0.4) is 0 Å². The van der Waals surface area contributed by atoms with Gasteiger partial charge in [-0.15, -0.1) is 0 Å². The van der Waals surface area contributed by atoms with Crippen LogP contribution in [0.5, 0.6) is 0 Å². The standard InChI is InChI=1S/C25H32N2O6/c1-29-25-21(27-20(28)13-8-14-26)23(30-15-17-9-4-2-5-10-17)22-19(32-25)16-31-24(33-22)18-11-6-3-7-12-18/h2-7,9-12,19,21-25H,8,13-16,26H2,1H3,(H,27,28)/t19-,21+,22-,23-,24?,25+/m1/s1. The Morgan fingerprint density at radius 2 is 1.82 bits per heavy atom. The van der Waals surface area contributed by atoms with Crippen molar-refractivity contribution < 1.29 is 28.5 Å². The fourth-order valence-electron chi connectivity index (χ4n) is 4.19. The van der Waals surface area contributed by atoms with Gasteiger partial charge in [-0.2, -0.15) is 0 Å². The first-order valence-corrected chi connectivity index (χ1v) is 11.3. The van der Waals surface area contributed by atoms with Crippen LogP contribution < -0.4 is 11.1 Å². The molecule has 3 N–H and O–H groups in total. The summed E-state index contributed by atoms with van der Waals surface area (Å²) in [5, 5.41) is 3.04. The molecule has 2 aliphatic rings. The Morgan fingerprint density at radius 3 is 2.52 bits per heavy atom. The Labute approximate surface area is 194 Å². The summed E-state index contributed by atoms with van der Waals surface area (Å²) < 4.78 is 30.4. The van der Waals surface area contributed by atoms with Crippen LogP contribution in [0.1, 0.15) is 30.3 Å². The van der Waals surface area contributed by atoms with Gasteiger partial charge in [0.25, 0.3) is 0 Å². The van der Waals surface area contributed by atoms with Crippen molar-refractivity contribution in [3.8, 4) is 0 Å². The molecule has 0 spiro atoms. The lowest BCUT2D eigenvalue weighted by Crippen LogP contribution is -2.67. The minimum atomic E-state index is -0.700. The number of methoxy groups -OCH3 is 1. The van der Waals surface area contributed by atoms with Crippen LogP contribution in [0, 0.1) is 0 Å². The normalized spacial score (nSPS) is 29.3. The van der Waals surface area contributed by atoms with Crippen molar-refractivity contribution in [2.75, 3.05) is 20.3 Å². The Bertz CT molecular complexity index is 868. The summed E-state index contributed by atoms with van der Waals surface area (Å²) in [6.45, 7) is 1.13. The van der Waals surface area contributed by atoms with Crippen molar-refractivity contribution >= 4 is 5.91 Å². The van der Waals surface area contributed by atoms with Crippen molar-refractivity contribution in [2.24, 2.45) is 5.73 Å². The summed E-state index contributed by atoms with van der Waals surface area (Å²) >= 11 is 0. The van der Waals surface area contributed by atoms with Gasteiger partial charge in [-0.25, -0.2) is 0 Å². The highest BCUT2D eigenvalue weighted by atomic mass is 16.7. The Morgan fingerprint density at radius 1 is 1.09 bits per heavy atom. The molecular weight excluding hydrogens is 424 g/mol. The van der Waals surface area contributed by atoms with E-state index in [4.69, 9.17) is 29.4 Å². The number of nitrogens with one attached hydrogen (secondary N) is 1. The lowest BCUT2D eigenvalue weighted by molar-refractivity contribution is -0.346. The van der Waals surface area contributed by atoms with Gasteiger partial charge in [0, 0.05) is 19.1 Å². The second kappa shape index (κ2) is 11.7. The maximum absolute atomic E-state index is 12.6. The van der Waals surface area contributed by atoms with Gasteiger partial charge in [-0.05, 0) is 18.5 Å². The van der Waals surface area contributed by atoms with Gasteiger partial charge in [-0.3, -0.25) is 4.79 Å². The van der Waals surface area contributed by atoms with Crippen molar-refractivity contribution in [3.63, 3.8) is 0 Å². The van der Waals surface area contributed by atoms with E-state index in [2.05, 4.69) is 5.32 Å². The summed E-state index contributed by atoms with van der Waals surface area (Å²) in [6, 6.07) is 19.1. The molecule has 0 aromatic heterocycles. The van der Waals surface area contributed by atoms with Gasteiger partial charge < -0.3 is 34.7 Å². The molecule has 2 fully saturated rings. The Hall–Kier alpha value is -2.33. The molecule has 6 atom stereocenters. The third-order valence-corrected chi connectivity index (χ3v) is 5.86. The zero-order valence-electron chi connectivity index (χ0n) is 18.8. The number of amides is 1. The molecule has 0 radical (unpaired) electrons. The van der Waals surface area contributed by atoms with Crippen molar-refractivity contribution in [3.05, 3.63) is 71.8 Å². The number of hydrogen-bond acceptors (Lipinski definition) is 7. The first-order valence-electron chi connectivity index (χ1n) is 11.3. The number of rotatable bonds is 9. The number of benzene rings is 2. The number of nitrogens with two attached hydrogens (primary N) is 1. The molecule has 2 aliphatic heterocycles. The molecule has 4 rings (SSSR count). The molecule has 178 valence electrons. The highest BCUT2D eigenvalue weighted by Crippen LogP contribution is 2.35. The Kier molecular flexibility index (Phi) is 8.44. The molecule has 2 aromatic rings. The third kappa shape index (κ3) is 5.97. The molecule has 2 heterocycles. The van der Waals surface area contributed by atoms with Crippen LogP contribution in [0.4, 0.5) is 0 Å². The van der Waals surface area contributed by atoms with E-state index >= 15 is 0 Å². The largest absolute Gasteiger partial charge is 0.368 e. The number of ether oxygens (including phenoxy) is 5. The van der Waals surface area contributed by atoms with E-state index in [1.807, 2.05) is 60.7 Å². The molecule has 2 aromatic carbocycles. The summed E-state index contributed by atoms with van der Waals surface area (Å²) in [7, 11) is 1.55. The van der Waals surface area contributed by atoms with Crippen molar-refractivity contribution in [1.29, 1.82) is 0 Å². The van der Waals surface area contributed by atoms with Gasteiger partial charge in [-0.1, -0.05) is 60.7 Å². The minimum absolute atomic E-state index is 0.130. The summed E-state index contributed by atoms with van der Waals surface area (Å²) in [5.41, 5.74) is 7.51. The fraction of sp³-hybridized carbons (Fsp3) is 0.480. The predicted molar refractivity (Wildman–Crippen MR) is 121 cm³/mol. The highest BCUT2D eigenvalue weighted by molar-refractivity contribution is 5.76. The van der Waals surface area contributed by atoms with Gasteiger partial charge in [0.2, 0.25) is 5.91 Å². The fourth-order valence-corrected chi connectivity index (χ4v) is 4.19. The van der Waals surface area contributed by atoms with E-state index < -0.39 is 36.9 Å². The zero-order valence-corrected chi connectivity index (χ0v) is 18.8. The average molecular weight is 457 g/mol.